The van der Waals surface area contributed by atoms with Crippen LogP contribution in [0.5, 0.6) is 0 Å². The van der Waals surface area contributed by atoms with Crippen molar-refractivity contribution >= 4 is 0 Å². The van der Waals surface area contributed by atoms with Gasteiger partial charge in [-0.1, -0.05) is 20.8 Å². The van der Waals surface area contributed by atoms with Crippen molar-refractivity contribution in [2.75, 3.05) is 13.1 Å². The second-order valence-corrected chi connectivity index (χ2v) is 6.83. The number of nitrogens with zero attached hydrogens (tertiary/aromatic N) is 2. The lowest BCUT2D eigenvalue weighted by molar-refractivity contribution is 0.102. The van der Waals surface area contributed by atoms with Crippen LogP contribution in [0.3, 0.4) is 0 Å². The highest BCUT2D eigenvalue weighted by molar-refractivity contribution is 5.06. The lowest BCUT2D eigenvalue weighted by Crippen LogP contribution is -2.43. The van der Waals surface area contributed by atoms with Crippen LogP contribution in [0.2, 0.25) is 0 Å². The van der Waals surface area contributed by atoms with Gasteiger partial charge >= 0.3 is 0 Å². The molecule has 4 heteroatoms. The van der Waals surface area contributed by atoms with Gasteiger partial charge in [-0.2, -0.15) is 0 Å². The van der Waals surface area contributed by atoms with Crippen molar-refractivity contribution in [3.63, 3.8) is 0 Å². The number of hydrogen-bond acceptors (Lipinski definition) is 4. The maximum Gasteiger partial charge on any atom is 0.208 e. The van der Waals surface area contributed by atoms with E-state index in [-0.39, 0.29) is 5.41 Å². The molecule has 4 nitrogen and oxygen atoms in total. The van der Waals surface area contributed by atoms with Crippen LogP contribution in [0, 0.1) is 5.92 Å². The monoisotopic (exact) mass is 265 g/mol. The fourth-order valence-electron chi connectivity index (χ4n) is 2.58. The number of oxazole rings is 1. The topological polar surface area (TPSA) is 55.3 Å². The molecule has 108 valence electrons. The molecular weight excluding hydrogens is 238 g/mol. The standard InChI is InChI=1S/C15H27N3O/c1-11-5-6-12(7-16)9-18(11)10-14-17-8-13(19-14)15(2,3)4/h8,11-12H,5-7,9-10,16H2,1-4H3. The van der Waals surface area contributed by atoms with Crippen molar-refractivity contribution in [3.05, 3.63) is 17.8 Å². The maximum atomic E-state index is 5.88. The van der Waals surface area contributed by atoms with Crippen molar-refractivity contribution in [1.82, 2.24) is 9.88 Å². The smallest absolute Gasteiger partial charge is 0.208 e. The van der Waals surface area contributed by atoms with Gasteiger partial charge < -0.3 is 10.2 Å². The molecule has 0 aromatic carbocycles. The fraction of sp³-hybridized carbons (Fsp3) is 0.800. The first kappa shape index (κ1) is 14.5. The summed E-state index contributed by atoms with van der Waals surface area (Å²) in [6.07, 6.45) is 4.33. The highest BCUT2D eigenvalue weighted by Gasteiger charge is 2.26. The Bertz CT molecular complexity index is 408. The Balaban J connectivity index is 2.01. The Labute approximate surface area is 116 Å². The zero-order chi connectivity index (χ0) is 14.0. The van der Waals surface area contributed by atoms with E-state index in [1.165, 1.54) is 12.8 Å². The normalized spacial score (nSPS) is 25.7. The van der Waals surface area contributed by atoms with E-state index in [4.69, 9.17) is 10.2 Å². The molecule has 0 amide bonds. The van der Waals surface area contributed by atoms with Crippen LogP contribution >= 0.6 is 0 Å². The highest BCUT2D eigenvalue weighted by Crippen LogP contribution is 2.26. The van der Waals surface area contributed by atoms with Crippen LogP contribution in [0.1, 0.15) is 52.2 Å². The van der Waals surface area contributed by atoms with E-state index >= 15 is 0 Å². The molecule has 2 atom stereocenters. The first-order valence-corrected chi connectivity index (χ1v) is 7.29. The predicted octanol–water partition coefficient (Wildman–Crippen LogP) is 2.53. The van der Waals surface area contributed by atoms with E-state index in [0.717, 1.165) is 31.3 Å². The molecule has 0 saturated carbocycles. The molecule has 1 saturated heterocycles. The largest absolute Gasteiger partial charge is 0.444 e. The Kier molecular flexibility index (Phi) is 4.31. The van der Waals surface area contributed by atoms with E-state index in [2.05, 4.69) is 37.6 Å². The van der Waals surface area contributed by atoms with Crippen molar-refractivity contribution in [2.24, 2.45) is 11.7 Å². The summed E-state index contributed by atoms with van der Waals surface area (Å²) in [7, 11) is 0. The van der Waals surface area contributed by atoms with Crippen molar-refractivity contribution in [1.29, 1.82) is 0 Å². The van der Waals surface area contributed by atoms with Gasteiger partial charge in [-0.3, -0.25) is 4.90 Å². The van der Waals surface area contributed by atoms with E-state index in [1.54, 1.807) is 0 Å². The minimum atomic E-state index is 0.0263. The maximum absolute atomic E-state index is 5.88. The van der Waals surface area contributed by atoms with Gasteiger partial charge in [0.25, 0.3) is 0 Å². The van der Waals surface area contributed by atoms with Gasteiger partial charge in [0, 0.05) is 18.0 Å². The predicted molar refractivity (Wildman–Crippen MR) is 76.9 cm³/mol. The van der Waals surface area contributed by atoms with E-state index in [0.29, 0.717) is 12.0 Å². The average molecular weight is 265 g/mol. The lowest BCUT2D eigenvalue weighted by atomic mass is 9.93. The number of hydrogen-bond donors (Lipinski definition) is 1. The molecule has 19 heavy (non-hydrogen) atoms. The third-order valence-electron chi connectivity index (χ3n) is 4.07. The third kappa shape index (κ3) is 3.57. The van der Waals surface area contributed by atoms with E-state index < -0.39 is 0 Å². The first-order chi connectivity index (χ1) is 8.90. The zero-order valence-electron chi connectivity index (χ0n) is 12.6. The molecule has 1 fully saturated rings. The van der Waals surface area contributed by atoms with Gasteiger partial charge in [0.05, 0.1) is 12.7 Å². The number of nitrogens with two attached hydrogens (primary N) is 1. The zero-order valence-corrected chi connectivity index (χ0v) is 12.6. The van der Waals surface area contributed by atoms with Crippen molar-refractivity contribution in [3.8, 4) is 0 Å². The van der Waals surface area contributed by atoms with Gasteiger partial charge in [0.15, 0.2) is 0 Å². The Morgan fingerprint density at radius 1 is 1.42 bits per heavy atom. The van der Waals surface area contributed by atoms with E-state index in [9.17, 15) is 0 Å². The molecule has 0 bridgehead atoms. The molecular formula is C15H27N3O. The molecule has 2 heterocycles. The number of piperidine rings is 1. The molecule has 1 aliphatic rings. The average Bonchev–Trinajstić information content (AvgIpc) is 2.80. The molecule has 0 aliphatic carbocycles. The van der Waals surface area contributed by atoms with Gasteiger partial charge in [0.1, 0.15) is 5.76 Å². The summed E-state index contributed by atoms with van der Waals surface area (Å²) in [6, 6.07) is 0.591. The minimum absolute atomic E-state index is 0.0263. The Morgan fingerprint density at radius 2 is 2.16 bits per heavy atom. The van der Waals surface area contributed by atoms with Crippen LogP contribution in [0.15, 0.2) is 10.6 Å². The Morgan fingerprint density at radius 3 is 2.74 bits per heavy atom. The van der Waals surface area contributed by atoms with Crippen molar-refractivity contribution in [2.45, 2.75) is 58.5 Å². The molecule has 1 aromatic heterocycles. The molecule has 1 aromatic rings. The molecule has 1 aliphatic heterocycles. The summed E-state index contributed by atoms with van der Waals surface area (Å²) in [5.41, 5.74) is 5.83. The van der Waals surface area contributed by atoms with Crippen molar-refractivity contribution < 1.29 is 4.42 Å². The summed E-state index contributed by atoms with van der Waals surface area (Å²) in [5.74, 6) is 2.41. The van der Waals surface area contributed by atoms with E-state index in [1.807, 2.05) is 6.20 Å². The van der Waals surface area contributed by atoms with Gasteiger partial charge in [-0.05, 0) is 32.2 Å². The first-order valence-electron chi connectivity index (χ1n) is 7.29. The Hall–Kier alpha value is -0.870. The highest BCUT2D eigenvalue weighted by atomic mass is 16.4. The van der Waals surface area contributed by atoms with Crippen LogP contribution in [-0.2, 0) is 12.0 Å². The van der Waals surface area contributed by atoms with Crippen LogP contribution in [-0.4, -0.2) is 29.0 Å². The SMILES string of the molecule is CC1CCC(CN)CN1Cc1ncc(C(C)(C)C)o1. The summed E-state index contributed by atoms with van der Waals surface area (Å²) in [6.45, 7) is 11.4. The van der Waals surface area contributed by atoms with Crippen LogP contribution < -0.4 is 5.73 Å². The lowest BCUT2D eigenvalue weighted by Gasteiger charge is -2.36. The minimum Gasteiger partial charge on any atom is -0.444 e. The summed E-state index contributed by atoms with van der Waals surface area (Å²) >= 11 is 0. The van der Waals surface area contributed by atoms with Crippen LogP contribution in [0.4, 0.5) is 0 Å². The number of rotatable bonds is 3. The third-order valence-corrected chi connectivity index (χ3v) is 4.07. The molecule has 0 radical (unpaired) electrons. The summed E-state index contributed by atoms with van der Waals surface area (Å²) in [5, 5.41) is 0. The summed E-state index contributed by atoms with van der Waals surface area (Å²) < 4.78 is 5.88. The quantitative estimate of drug-likeness (QED) is 0.912. The van der Waals surface area contributed by atoms with Gasteiger partial charge in [0.2, 0.25) is 5.89 Å². The fourth-order valence-corrected chi connectivity index (χ4v) is 2.58. The van der Waals surface area contributed by atoms with Crippen LogP contribution in [0.25, 0.3) is 0 Å². The molecule has 2 N–H and O–H groups in total. The van der Waals surface area contributed by atoms with Gasteiger partial charge in [-0.15, -0.1) is 0 Å². The summed E-state index contributed by atoms with van der Waals surface area (Å²) in [4.78, 5) is 6.87. The molecule has 2 unspecified atom stereocenters. The molecule has 2 rings (SSSR count). The second-order valence-electron chi connectivity index (χ2n) is 6.83. The number of likely N-dealkylation sites (tertiary alicyclic amines) is 1. The number of aromatic nitrogens is 1. The second kappa shape index (κ2) is 5.63. The van der Waals surface area contributed by atoms with Gasteiger partial charge in [-0.25, -0.2) is 4.98 Å². The molecule has 0 spiro atoms.